The highest BCUT2D eigenvalue weighted by molar-refractivity contribution is 7.12. The first-order chi connectivity index (χ1) is 16.1. The van der Waals surface area contributed by atoms with Crippen LogP contribution >= 0.6 is 11.3 Å². The predicted molar refractivity (Wildman–Crippen MR) is 126 cm³/mol. The zero-order valence-corrected chi connectivity index (χ0v) is 20.2. The lowest BCUT2D eigenvalue weighted by Crippen LogP contribution is -2.36. The van der Waals surface area contributed by atoms with Crippen molar-refractivity contribution in [1.82, 2.24) is 0 Å². The second-order valence-corrected chi connectivity index (χ2v) is 10.1. The van der Waals surface area contributed by atoms with Crippen LogP contribution in [0.25, 0.3) is 0 Å². The van der Waals surface area contributed by atoms with Gasteiger partial charge in [0.2, 0.25) is 6.79 Å². The van der Waals surface area contributed by atoms with Crippen molar-refractivity contribution < 1.29 is 38.3 Å². The van der Waals surface area contributed by atoms with E-state index in [-0.39, 0.29) is 42.1 Å². The molecule has 8 nitrogen and oxygen atoms in total. The van der Waals surface area contributed by atoms with E-state index in [0.29, 0.717) is 16.9 Å². The molecule has 0 aliphatic carbocycles. The van der Waals surface area contributed by atoms with Gasteiger partial charge >= 0.3 is 19.1 Å². The molecule has 3 rings (SSSR count). The summed E-state index contributed by atoms with van der Waals surface area (Å²) in [4.78, 5) is 49.5. The summed E-state index contributed by atoms with van der Waals surface area (Å²) in [5.74, 6) is -1.81. The second-order valence-electron chi connectivity index (χ2n) is 9.14. The van der Waals surface area contributed by atoms with Gasteiger partial charge in [0.25, 0.3) is 0 Å². The van der Waals surface area contributed by atoms with Gasteiger partial charge in [-0.1, -0.05) is 18.2 Å². The lowest BCUT2D eigenvalue weighted by Gasteiger charge is -2.28. The Morgan fingerprint density at radius 2 is 1.88 bits per heavy atom. The Hall–Kier alpha value is -2.98. The topological polar surface area (TPSA) is 116 Å². The summed E-state index contributed by atoms with van der Waals surface area (Å²) in [5, 5.41) is 12.3. The number of benzene rings is 1. The first-order valence-electron chi connectivity index (χ1n) is 11.0. The van der Waals surface area contributed by atoms with Crippen LogP contribution < -0.4 is 4.65 Å². The number of hydrogen-bond acceptors (Lipinski definition) is 9. The van der Waals surface area contributed by atoms with E-state index in [1.165, 1.54) is 17.4 Å². The van der Waals surface area contributed by atoms with Crippen molar-refractivity contribution in [1.29, 1.82) is 0 Å². The average molecular weight is 486 g/mol. The van der Waals surface area contributed by atoms with E-state index < -0.39 is 37.1 Å². The van der Waals surface area contributed by atoms with Crippen LogP contribution in [0.15, 0.2) is 35.7 Å². The standard InChI is InChI=1S/C24H27BO8S/c1-24(2,3)23(29)32-14-31-22(28)18-7-4-6-15-12-16(25(30)33-21(15)18)13-17(26)9-10-19(27)20-8-5-11-34-20/h4-8,11,16,30H,9-10,12-14H2,1-3H3/t16-/m1/s1. The van der Waals surface area contributed by atoms with Gasteiger partial charge in [0.1, 0.15) is 17.1 Å². The quantitative estimate of drug-likeness (QED) is 0.246. The third-order valence-electron chi connectivity index (χ3n) is 5.35. The fraction of sp³-hybridized carbons (Fsp3) is 0.417. The summed E-state index contributed by atoms with van der Waals surface area (Å²) in [5.41, 5.74) is 0.0171. The van der Waals surface area contributed by atoms with E-state index in [1.807, 2.05) is 5.38 Å². The average Bonchev–Trinajstić information content (AvgIpc) is 3.32. The summed E-state index contributed by atoms with van der Waals surface area (Å²) < 4.78 is 15.6. The lowest BCUT2D eigenvalue weighted by molar-refractivity contribution is -0.161. The van der Waals surface area contributed by atoms with Gasteiger partial charge in [0, 0.05) is 25.1 Å². The maximum atomic E-state index is 12.5. The second kappa shape index (κ2) is 11.0. The van der Waals surface area contributed by atoms with Crippen molar-refractivity contribution in [2.45, 2.75) is 52.3 Å². The van der Waals surface area contributed by atoms with Crippen LogP contribution in [-0.4, -0.2) is 42.4 Å². The first-order valence-corrected chi connectivity index (χ1v) is 11.8. The molecule has 1 aromatic heterocycles. The zero-order chi connectivity index (χ0) is 24.9. The van der Waals surface area contributed by atoms with Crippen molar-refractivity contribution >= 4 is 42.0 Å². The molecule has 0 bridgehead atoms. The molecule has 2 heterocycles. The van der Waals surface area contributed by atoms with Gasteiger partial charge in [0.05, 0.1) is 10.3 Å². The van der Waals surface area contributed by atoms with Gasteiger partial charge in [-0.3, -0.25) is 14.4 Å². The highest BCUT2D eigenvalue weighted by atomic mass is 32.1. The number of carbonyl (C=O) groups excluding carboxylic acids is 4. The largest absolute Gasteiger partial charge is 0.535 e. The van der Waals surface area contributed by atoms with Crippen molar-refractivity contribution in [3.63, 3.8) is 0 Å². The van der Waals surface area contributed by atoms with Gasteiger partial charge in [-0.2, -0.15) is 0 Å². The van der Waals surface area contributed by atoms with Crippen LogP contribution in [0.4, 0.5) is 0 Å². The Labute approximate surface area is 202 Å². The smallest absolute Gasteiger partial charge is 0.526 e. The number of rotatable bonds is 9. The number of ketones is 2. The molecule has 34 heavy (non-hydrogen) atoms. The molecular weight excluding hydrogens is 459 g/mol. The van der Waals surface area contributed by atoms with E-state index in [2.05, 4.69) is 0 Å². The fourth-order valence-electron chi connectivity index (χ4n) is 3.46. The number of thiophene rings is 1. The fourth-order valence-corrected chi connectivity index (χ4v) is 4.15. The van der Waals surface area contributed by atoms with Crippen LogP contribution in [0.2, 0.25) is 5.82 Å². The minimum absolute atomic E-state index is 0.0513. The monoisotopic (exact) mass is 486 g/mol. The zero-order valence-electron chi connectivity index (χ0n) is 19.4. The Kier molecular flexibility index (Phi) is 8.27. The Morgan fingerprint density at radius 1 is 1.12 bits per heavy atom. The highest BCUT2D eigenvalue weighted by Gasteiger charge is 2.38. The highest BCUT2D eigenvalue weighted by Crippen LogP contribution is 2.36. The summed E-state index contributed by atoms with van der Waals surface area (Å²) >= 11 is 1.34. The van der Waals surface area contributed by atoms with Crippen molar-refractivity contribution in [3.05, 3.63) is 51.7 Å². The third-order valence-corrected chi connectivity index (χ3v) is 6.26. The Bertz CT molecular complexity index is 1060. The molecule has 0 saturated carbocycles. The molecule has 180 valence electrons. The predicted octanol–water partition coefficient (Wildman–Crippen LogP) is 3.86. The molecule has 0 saturated heterocycles. The van der Waals surface area contributed by atoms with Crippen molar-refractivity contribution in [3.8, 4) is 5.75 Å². The summed E-state index contributed by atoms with van der Waals surface area (Å²) in [7, 11) is -1.29. The maximum Gasteiger partial charge on any atom is 0.526 e. The van der Waals surface area contributed by atoms with Gasteiger partial charge in [-0.05, 0) is 50.3 Å². The summed E-state index contributed by atoms with van der Waals surface area (Å²) in [6, 6.07) is 8.40. The summed E-state index contributed by atoms with van der Waals surface area (Å²) in [6.07, 6.45) is 0.582. The molecule has 1 aliphatic heterocycles. The number of hydrogen-bond donors (Lipinski definition) is 1. The third kappa shape index (κ3) is 6.54. The molecule has 1 aromatic carbocycles. The van der Waals surface area contributed by atoms with E-state index in [0.717, 1.165) is 0 Å². The maximum absolute atomic E-state index is 12.5. The van der Waals surface area contributed by atoms with Crippen LogP contribution in [0.5, 0.6) is 5.75 Å². The minimum atomic E-state index is -1.29. The molecule has 2 aromatic rings. The number of fused-ring (bicyclic) bond motifs is 1. The van der Waals surface area contributed by atoms with Crippen LogP contribution in [0.3, 0.4) is 0 Å². The molecule has 1 N–H and O–H groups in total. The van der Waals surface area contributed by atoms with Gasteiger partial charge in [0.15, 0.2) is 5.78 Å². The molecule has 0 unspecified atom stereocenters. The molecule has 0 amide bonds. The lowest BCUT2D eigenvalue weighted by atomic mass is 9.64. The molecule has 10 heteroatoms. The Balaban J connectivity index is 1.56. The van der Waals surface area contributed by atoms with E-state index in [9.17, 15) is 24.2 Å². The van der Waals surface area contributed by atoms with E-state index >= 15 is 0 Å². The van der Waals surface area contributed by atoms with E-state index in [1.54, 1.807) is 45.0 Å². The molecule has 1 aliphatic rings. The molecular formula is C24H27BO8S. The molecule has 0 radical (unpaired) electrons. The van der Waals surface area contributed by atoms with Gasteiger partial charge in [-0.15, -0.1) is 11.3 Å². The van der Waals surface area contributed by atoms with Crippen LogP contribution in [-0.2, 0) is 25.5 Å². The van der Waals surface area contributed by atoms with Crippen LogP contribution in [0.1, 0.15) is 65.6 Å². The SMILES string of the molecule is CC(C)(C)C(=O)OCOC(=O)c1cccc2c1OB(O)[C@@H](CC(=O)CCC(=O)c1cccs1)C2. The number of ether oxygens (including phenoxy) is 2. The number of Topliss-reactive ketones (excluding diaryl/α,β-unsaturated/α-hetero) is 2. The van der Waals surface area contributed by atoms with E-state index in [4.69, 9.17) is 14.1 Å². The normalized spacial score (nSPS) is 15.2. The van der Waals surface area contributed by atoms with Gasteiger partial charge < -0.3 is 19.2 Å². The number of esters is 2. The first kappa shape index (κ1) is 25.6. The Morgan fingerprint density at radius 3 is 2.56 bits per heavy atom. The summed E-state index contributed by atoms with van der Waals surface area (Å²) in [6.45, 7) is 4.51. The molecule has 0 spiro atoms. The van der Waals surface area contributed by atoms with Crippen LogP contribution in [0, 0.1) is 5.41 Å². The van der Waals surface area contributed by atoms with Crippen molar-refractivity contribution in [2.75, 3.05) is 6.79 Å². The number of carbonyl (C=O) groups is 4. The van der Waals surface area contributed by atoms with Crippen molar-refractivity contribution in [2.24, 2.45) is 5.41 Å². The molecule has 0 fully saturated rings. The van der Waals surface area contributed by atoms with Gasteiger partial charge in [-0.25, -0.2) is 4.79 Å². The minimum Gasteiger partial charge on any atom is -0.535 e. The number of para-hydroxylation sites is 1. The molecule has 1 atom stereocenters.